The van der Waals surface area contributed by atoms with Gasteiger partial charge in [0.25, 0.3) is 0 Å². The monoisotopic (exact) mass is 287 g/mol. The van der Waals surface area contributed by atoms with Crippen molar-refractivity contribution in [1.82, 2.24) is 5.32 Å². The molecule has 5 heteroatoms. The second-order valence-electron chi connectivity index (χ2n) is 5.22. The van der Waals surface area contributed by atoms with Crippen LogP contribution in [0.1, 0.15) is 43.5 Å². The molecular weight excluding hydrogens is 266 g/mol. The molecule has 102 valence electrons. The van der Waals surface area contributed by atoms with Crippen molar-refractivity contribution in [3.8, 4) is 0 Å². The molecule has 2 rings (SSSR count). The second-order valence-corrected chi connectivity index (χ2v) is 8.52. The molecule has 0 aromatic carbocycles. The lowest BCUT2D eigenvalue weighted by molar-refractivity contribution is 0.348. The lowest BCUT2D eigenvalue weighted by Crippen LogP contribution is -2.39. The van der Waals surface area contributed by atoms with Crippen molar-refractivity contribution < 1.29 is 8.42 Å². The van der Waals surface area contributed by atoms with Gasteiger partial charge in [-0.25, -0.2) is 8.42 Å². The number of hydrogen-bond donors (Lipinski definition) is 1. The van der Waals surface area contributed by atoms with E-state index in [1.165, 1.54) is 11.1 Å². The average Bonchev–Trinajstić information content (AvgIpc) is 2.81. The standard InChI is InChI=1S/C13H21NO2S2/c1-10(13-7-4-8-17-13)14-11-5-3-6-12(9-11)18(2,15)16/h4,7-8,10-12,14H,3,5-6,9H2,1-2H3/t10-,11?,12?/m1/s1. The highest BCUT2D eigenvalue weighted by atomic mass is 32.2. The van der Waals surface area contributed by atoms with Crippen LogP contribution < -0.4 is 5.32 Å². The van der Waals surface area contributed by atoms with Gasteiger partial charge in [-0.2, -0.15) is 0 Å². The lowest BCUT2D eigenvalue weighted by atomic mass is 9.94. The van der Waals surface area contributed by atoms with Gasteiger partial charge in [0.1, 0.15) is 9.84 Å². The Hall–Kier alpha value is -0.390. The molecular formula is C13H21NO2S2. The van der Waals surface area contributed by atoms with Gasteiger partial charge in [0.15, 0.2) is 0 Å². The number of hydrogen-bond acceptors (Lipinski definition) is 4. The molecule has 0 amide bonds. The molecule has 1 aromatic rings. The highest BCUT2D eigenvalue weighted by Crippen LogP contribution is 2.27. The number of sulfone groups is 1. The Balaban J connectivity index is 1.94. The van der Waals surface area contributed by atoms with Gasteiger partial charge >= 0.3 is 0 Å². The zero-order chi connectivity index (χ0) is 13.2. The van der Waals surface area contributed by atoms with Crippen LogP contribution in [0.25, 0.3) is 0 Å². The van der Waals surface area contributed by atoms with Gasteiger partial charge < -0.3 is 5.32 Å². The van der Waals surface area contributed by atoms with Crippen LogP contribution in [0.5, 0.6) is 0 Å². The molecule has 18 heavy (non-hydrogen) atoms. The summed E-state index contributed by atoms with van der Waals surface area (Å²) in [7, 11) is -2.89. The van der Waals surface area contributed by atoms with E-state index >= 15 is 0 Å². The Bertz CT molecular complexity index is 467. The fraction of sp³-hybridized carbons (Fsp3) is 0.692. The van der Waals surface area contributed by atoms with E-state index in [1.807, 2.05) is 0 Å². The van der Waals surface area contributed by atoms with Crippen molar-refractivity contribution in [2.24, 2.45) is 0 Å². The van der Waals surface area contributed by atoms with Crippen molar-refractivity contribution in [2.75, 3.05) is 6.26 Å². The summed E-state index contributed by atoms with van der Waals surface area (Å²) in [5, 5.41) is 5.49. The van der Waals surface area contributed by atoms with Gasteiger partial charge in [-0.15, -0.1) is 11.3 Å². The molecule has 0 saturated heterocycles. The SMILES string of the molecule is C[C@@H](NC1CCCC(S(C)(=O)=O)C1)c1cccs1. The van der Waals surface area contributed by atoms with Gasteiger partial charge in [0.05, 0.1) is 5.25 Å². The molecule has 0 spiro atoms. The van der Waals surface area contributed by atoms with E-state index in [9.17, 15) is 8.42 Å². The van der Waals surface area contributed by atoms with Crippen molar-refractivity contribution in [3.63, 3.8) is 0 Å². The Morgan fingerprint density at radius 1 is 1.44 bits per heavy atom. The third-order valence-electron chi connectivity index (χ3n) is 3.69. The Morgan fingerprint density at radius 2 is 2.22 bits per heavy atom. The minimum atomic E-state index is -2.89. The Labute approximate surface area is 114 Å². The first-order chi connectivity index (χ1) is 8.47. The van der Waals surface area contributed by atoms with Crippen molar-refractivity contribution in [3.05, 3.63) is 22.4 Å². The quantitative estimate of drug-likeness (QED) is 0.926. The topological polar surface area (TPSA) is 46.2 Å². The highest BCUT2D eigenvalue weighted by Gasteiger charge is 2.29. The largest absolute Gasteiger partial charge is 0.307 e. The summed E-state index contributed by atoms with van der Waals surface area (Å²) >= 11 is 1.75. The molecule has 1 aliphatic carbocycles. The molecule has 0 aliphatic heterocycles. The van der Waals surface area contributed by atoms with Crippen LogP contribution in [0.15, 0.2) is 17.5 Å². The van der Waals surface area contributed by atoms with E-state index in [4.69, 9.17) is 0 Å². The van der Waals surface area contributed by atoms with Crippen molar-refractivity contribution in [1.29, 1.82) is 0 Å². The lowest BCUT2D eigenvalue weighted by Gasteiger charge is -2.30. The predicted molar refractivity (Wildman–Crippen MR) is 76.8 cm³/mol. The third kappa shape index (κ3) is 3.56. The molecule has 1 saturated carbocycles. The first-order valence-electron chi connectivity index (χ1n) is 6.45. The zero-order valence-corrected chi connectivity index (χ0v) is 12.6. The predicted octanol–water partition coefficient (Wildman–Crippen LogP) is 2.75. The van der Waals surface area contributed by atoms with Crippen molar-refractivity contribution in [2.45, 2.75) is 49.9 Å². The van der Waals surface area contributed by atoms with E-state index in [0.29, 0.717) is 12.1 Å². The molecule has 1 fully saturated rings. The first-order valence-corrected chi connectivity index (χ1v) is 9.28. The smallest absolute Gasteiger partial charge is 0.150 e. The van der Waals surface area contributed by atoms with Gasteiger partial charge in [-0.1, -0.05) is 12.5 Å². The molecule has 0 bridgehead atoms. The Morgan fingerprint density at radius 3 is 2.83 bits per heavy atom. The minimum Gasteiger partial charge on any atom is -0.307 e. The third-order valence-corrected chi connectivity index (χ3v) is 6.38. The van der Waals surface area contributed by atoms with Crippen LogP contribution in [-0.2, 0) is 9.84 Å². The number of rotatable bonds is 4. The molecule has 1 N–H and O–H groups in total. The minimum absolute atomic E-state index is 0.153. The summed E-state index contributed by atoms with van der Waals surface area (Å²) in [6, 6.07) is 4.82. The average molecular weight is 287 g/mol. The summed E-state index contributed by atoms with van der Waals surface area (Å²) in [4.78, 5) is 1.32. The highest BCUT2D eigenvalue weighted by molar-refractivity contribution is 7.91. The first kappa shape index (κ1) is 14.0. The Kier molecular flexibility index (Phi) is 4.45. The summed E-state index contributed by atoms with van der Waals surface area (Å²) < 4.78 is 23.2. The molecule has 3 atom stereocenters. The molecule has 2 unspecified atom stereocenters. The fourth-order valence-corrected chi connectivity index (χ4v) is 4.58. The van der Waals surface area contributed by atoms with E-state index in [2.05, 4.69) is 29.8 Å². The number of thiophene rings is 1. The van der Waals surface area contributed by atoms with Gasteiger partial charge in [0.2, 0.25) is 0 Å². The van der Waals surface area contributed by atoms with E-state index in [1.54, 1.807) is 11.3 Å². The summed E-state index contributed by atoms with van der Waals surface area (Å²) in [6.07, 6.45) is 5.04. The van der Waals surface area contributed by atoms with Gasteiger partial charge in [-0.3, -0.25) is 0 Å². The van der Waals surface area contributed by atoms with Crippen molar-refractivity contribution >= 4 is 21.2 Å². The molecule has 1 aliphatic rings. The maximum atomic E-state index is 11.6. The van der Waals surface area contributed by atoms with Crippen LogP contribution in [0.3, 0.4) is 0 Å². The fourth-order valence-electron chi connectivity index (χ4n) is 2.66. The molecule has 3 nitrogen and oxygen atoms in total. The van der Waals surface area contributed by atoms with E-state index in [-0.39, 0.29) is 5.25 Å². The zero-order valence-electron chi connectivity index (χ0n) is 10.9. The van der Waals surface area contributed by atoms with Crippen LogP contribution >= 0.6 is 11.3 Å². The molecule has 0 radical (unpaired) electrons. The van der Waals surface area contributed by atoms with E-state index < -0.39 is 9.84 Å². The van der Waals surface area contributed by atoms with Crippen LogP contribution in [0, 0.1) is 0 Å². The van der Waals surface area contributed by atoms with Crippen LogP contribution in [0.2, 0.25) is 0 Å². The summed E-state index contributed by atoms with van der Waals surface area (Å²) in [5.74, 6) is 0. The molecule has 1 aromatic heterocycles. The maximum Gasteiger partial charge on any atom is 0.150 e. The number of nitrogens with one attached hydrogen (secondary N) is 1. The summed E-state index contributed by atoms with van der Waals surface area (Å²) in [6.45, 7) is 2.15. The second kappa shape index (κ2) is 5.72. The van der Waals surface area contributed by atoms with E-state index in [0.717, 1.165) is 25.7 Å². The summed E-state index contributed by atoms with van der Waals surface area (Å²) in [5.41, 5.74) is 0. The van der Waals surface area contributed by atoms with Crippen LogP contribution in [-0.4, -0.2) is 26.0 Å². The van der Waals surface area contributed by atoms with Gasteiger partial charge in [-0.05, 0) is 37.6 Å². The maximum absolute atomic E-state index is 11.6. The van der Waals surface area contributed by atoms with Crippen LogP contribution in [0.4, 0.5) is 0 Å². The van der Waals surface area contributed by atoms with Gasteiger partial charge in [0, 0.05) is 23.2 Å². The normalized spacial score (nSPS) is 27.0. The molecule has 1 heterocycles.